The molecule has 1 aliphatic rings. The highest BCUT2D eigenvalue weighted by atomic mass is 16.5. The van der Waals surface area contributed by atoms with Crippen LogP contribution in [0.5, 0.6) is 17.2 Å². The van der Waals surface area contributed by atoms with Crippen molar-refractivity contribution in [2.75, 3.05) is 40.5 Å². The monoisotopic (exact) mass is 398 g/mol. The van der Waals surface area contributed by atoms with Gasteiger partial charge in [-0.3, -0.25) is 4.79 Å². The largest absolute Gasteiger partial charge is 0.493 e. The van der Waals surface area contributed by atoms with Crippen LogP contribution in [0.15, 0.2) is 36.4 Å². The average Bonchev–Trinajstić information content (AvgIpc) is 2.77. The van der Waals surface area contributed by atoms with Gasteiger partial charge in [0.15, 0.2) is 11.5 Å². The first-order chi connectivity index (χ1) is 14.1. The number of methoxy groups -OCH3 is 2. The van der Waals surface area contributed by atoms with Gasteiger partial charge >= 0.3 is 0 Å². The summed E-state index contributed by atoms with van der Waals surface area (Å²) in [6, 6.07) is 11.5. The highest BCUT2D eigenvalue weighted by Crippen LogP contribution is 2.35. The molecule has 2 aromatic carbocycles. The van der Waals surface area contributed by atoms with Gasteiger partial charge in [-0.05, 0) is 74.3 Å². The molecule has 0 radical (unpaired) electrons. The van der Waals surface area contributed by atoms with E-state index in [9.17, 15) is 4.79 Å². The van der Waals surface area contributed by atoms with Gasteiger partial charge in [0.2, 0.25) is 0 Å². The van der Waals surface area contributed by atoms with Crippen LogP contribution < -0.4 is 19.5 Å². The molecule has 0 aliphatic carbocycles. The second-order valence-electron chi connectivity index (χ2n) is 6.98. The molecule has 1 amide bonds. The van der Waals surface area contributed by atoms with Crippen LogP contribution in [0.3, 0.4) is 0 Å². The summed E-state index contributed by atoms with van der Waals surface area (Å²) < 4.78 is 16.9. The number of hydrogen-bond donors (Lipinski definition) is 1. The Morgan fingerprint density at radius 2 is 1.72 bits per heavy atom. The molecule has 3 rings (SSSR count). The van der Waals surface area contributed by atoms with Crippen LogP contribution in [0, 0.1) is 0 Å². The van der Waals surface area contributed by atoms with E-state index >= 15 is 0 Å². The summed E-state index contributed by atoms with van der Waals surface area (Å²) >= 11 is 0. The quantitative estimate of drug-likeness (QED) is 0.738. The standard InChI is InChI=1S/C23H30N2O4/c1-5-25(6-2)23(26)16-7-9-18(10-8-16)29-15-20-19-14-22(28-4)21(27-3)13-17(19)11-12-24-20/h7-10,13-14,20,24H,5-6,11-12,15H2,1-4H3. The van der Waals surface area contributed by atoms with Crippen LogP contribution in [0.1, 0.15) is 41.4 Å². The van der Waals surface area contributed by atoms with E-state index in [1.807, 2.05) is 44.2 Å². The van der Waals surface area contributed by atoms with Crippen LogP contribution in [0.25, 0.3) is 0 Å². The number of ether oxygens (including phenoxy) is 3. The van der Waals surface area contributed by atoms with Crippen molar-refractivity contribution in [1.29, 1.82) is 0 Å². The predicted molar refractivity (Wildman–Crippen MR) is 113 cm³/mol. The normalized spacial score (nSPS) is 15.4. The Bertz CT molecular complexity index is 832. The summed E-state index contributed by atoms with van der Waals surface area (Å²) in [6.07, 6.45) is 0.939. The smallest absolute Gasteiger partial charge is 0.253 e. The summed E-state index contributed by atoms with van der Waals surface area (Å²) in [5, 5.41) is 3.51. The third-order valence-corrected chi connectivity index (χ3v) is 5.37. The van der Waals surface area contributed by atoms with E-state index in [4.69, 9.17) is 14.2 Å². The molecule has 0 saturated carbocycles. The van der Waals surface area contributed by atoms with Crippen molar-refractivity contribution in [3.63, 3.8) is 0 Å². The summed E-state index contributed by atoms with van der Waals surface area (Å²) in [5.74, 6) is 2.27. The van der Waals surface area contributed by atoms with Crippen LogP contribution in [0.4, 0.5) is 0 Å². The van der Waals surface area contributed by atoms with Gasteiger partial charge in [0.05, 0.1) is 20.3 Å². The second-order valence-corrected chi connectivity index (χ2v) is 6.98. The SMILES string of the molecule is CCN(CC)C(=O)c1ccc(OCC2NCCc3cc(OC)c(OC)cc32)cc1. The summed E-state index contributed by atoms with van der Waals surface area (Å²) in [5.41, 5.74) is 3.09. The minimum absolute atomic E-state index is 0.0467. The van der Waals surface area contributed by atoms with Crippen molar-refractivity contribution in [3.8, 4) is 17.2 Å². The lowest BCUT2D eigenvalue weighted by Gasteiger charge is -2.28. The Morgan fingerprint density at radius 3 is 2.34 bits per heavy atom. The first-order valence-electron chi connectivity index (χ1n) is 10.1. The maximum absolute atomic E-state index is 12.4. The van der Waals surface area contributed by atoms with E-state index in [1.54, 1.807) is 19.1 Å². The molecule has 6 nitrogen and oxygen atoms in total. The zero-order valence-corrected chi connectivity index (χ0v) is 17.7. The molecule has 0 spiro atoms. The van der Waals surface area contributed by atoms with Crippen LogP contribution in [-0.2, 0) is 6.42 Å². The fourth-order valence-corrected chi connectivity index (χ4v) is 3.68. The fourth-order valence-electron chi connectivity index (χ4n) is 3.68. The molecule has 0 aromatic heterocycles. The van der Waals surface area contributed by atoms with Gasteiger partial charge in [-0.1, -0.05) is 0 Å². The number of rotatable bonds is 8. The summed E-state index contributed by atoms with van der Waals surface area (Å²) in [6.45, 7) is 6.75. The van der Waals surface area contributed by atoms with Gasteiger partial charge in [-0.2, -0.15) is 0 Å². The molecule has 2 aromatic rings. The van der Waals surface area contributed by atoms with E-state index in [0.717, 1.165) is 30.2 Å². The van der Waals surface area contributed by atoms with Crippen molar-refractivity contribution < 1.29 is 19.0 Å². The summed E-state index contributed by atoms with van der Waals surface area (Å²) in [4.78, 5) is 14.2. The molecular weight excluding hydrogens is 368 g/mol. The molecule has 1 heterocycles. The Labute approximate surface area is 172 Å². The Kier molecular flexibility index (Phi) is 6.99. The fraction of sp³-hybridized carbons (Fsp3) is 0.435. The lowest BCUT2D eigenvalue weighted by Crippen LogP contribution is -2.33. The van der Waals surface area contributed by atoms with E-state index in [0.29, 0.717) is 25.3 Å². The number of carbonyl (C=O) groups excluding carboxylic acids is 1. The number of carbonyl (C=O) groups is 1. The first kappa shape index (κ1) is 21.0. The molecule has 1 atom stereocenters. The average molecular weight is 399 g/mol. The highest BCUT2D eigenvalue weighted by molar-refractivity contribution is 5.94. The molecule has 6 heteroatoms. The van der Waals surface area contributed by atoms with Gasteiger partial charge in [0.1, 0.15) is 12.4 Å². The van der Waals surface area contributed by atoms with Crippen LogP contribution >= 0.6 is 0 Å². The lowest BCUT2D eigenvalue weighted by molar-refractivity contribution is 0.0773. The molecule has 0 saturated heterocycles. The van der Waals surface area contributed by atoms with Gasteiger partial charge in [-0.25, -0.2) is 0 Å². The van der Waals surface area contributed by atoms with E-state index < -0.39 is 0 Å². The number of benzene rings is 2. The maximum Gasteiger partial charge on any atom is 0.253 e. The van der Waals surface area contributed by atoms with E-state index in [-0.39, 0.29) is 11.9 Å². The van der Waals surface area contributed by atoms with Crippen molar-refractivity contribution in [1.82, 2.24) is 10.2 Å². The van der Waals surface area contributed by atoms with Gasteiger partial charge < -0.3 is 24.4 Å². The molecule has 1 aliphatic heterocycles. The number of hydrogen-bond acceptors (Lipinski definition) is 5. The van der Waals surface area contributed by atoms with Crippen LogP contribution in [0.2, 0.25) is 0 Å². The molecule has 0 bridgehead atoms. The molecular formula is C23H30N2O4. The molecule has 0 fully saturated rings. The van der Waals surface area contributed by atoms with Gasteiger partial charge in [0, 0.05) is 18.7 Å². The Balaban J connectivity index is 1.69. The lowest BCUT2D eigenvalue weighted by atomic mass is 9.94. The van der Waals surface area contributed by atoms with E-state index in [1.165, 1.54) is 11.1 Å². The number of amides is 1. The van der Waals surface area contributed by atoms with Gasteiger partial charge in [-0.15, -0.1) is 0 Å². The zero-order valence-electron chi connectivity index (χ0n) is 17.7. The minimum Gasteiger partial charge on any atom is -0.493 e. The van der Waals surface area contributed by atoms with Crippen molar-refractivity contribution in [2.45, 2.75) is 26.3 Å². The molecule has 156 valence electrons. The van der Waals surface area contributed by atoms with Crippen molar-refractivity contribution in [3.05, 3.63) is 53.1 Å². The number of nitrogens with zero attached hydrogens (tertiary/aromatic N) is 1. The maximum atomic E-state index is 12.4. The minimum atomic E-state index is 0.0467. The highest BCUT2D eigenvalue weighted by Gasteiger charge is 2.23. The molecule has 1 N–H and O–H groups in total. The molecule has 29 heavy (non-hydrogen) atoms. The molecule has 1 unspecified atom stereocenters. The zero-order chi connectivity index (χ0) is 20.8. The number of fused-ring (bicyclic) bond motifs is 1. The van der Waals surface area contributed by atoms with Crippen molar-refractivity contribution >= 4 is 5.91 Å². The topological polar surface area (TPSA) is 60.0 Å². The predicted octanol–water partition coefficient (Wildman–Crippen LogP) is 3.45. The van der Waals surface area contributed by atoms with Crippen molar-refractivity contribution in [2.24, 2.45) is 0 Å². The second kappa shape index (κ2) is 9.65. The Morgan fingerprint density at radius 1 is 1.07 bits per heavy atom. The Hall–Kier alpha value is -2.73. The summed E-state index contributed by atoms with van der Waals surface area (Å²) in [7, 11) is 3.30. The third-order valence-electron chi connectivity index (χ3n) is 5.37. The number of nitrogens with one attached hydrogen (secondary N) is 1. The van der Waals surface area contributed by atoms with E-state index in [2.05, 4.69) is 11.4 Å². The van der Waals surface area contributed by atoms with Crippen LogP contribution in [-0.4, -0.2) is 51.3 Å². The third kappa shape index (κ3) is 4.65. The first-order valence-corrected chi connectivity index (χ1v) is 10.1. The van der Waals surface area contributed by atoms with Gasteiger partial charge in [0.25, 0.3) is 5.91 Å².